The van der Waals surface area contributed by atoms with E-state index in [-0.39, 0.29) is 12.7 Å². The van der Waals surface area contributed by atoms with Gasteiger partial charge in [-0.05, 0) is 14.1 Å². The van der Waals surface area contributed by atoms with Gasteiger partial charge >= 0.3 is 0 Å². The molecule has 0 saturated carbocycles. The van der Waals surface area contributed by atoms with Crippen molar-refractivity contribution in [2.24, 2.45) is 0 Å². The van der Waals surface area contributed by atoms with E-state index >= 15 is 0 Å². The zero-order valence-electron chi connectivity index (χ0n) is 10.7. The molecule has 0 aromatic carbocycles. The first-order valence-electron chi connectivity index (χ1n) is 5.69. The molecule has 1 aliphatic rings. The molecule has 0 spiro atoms. The molecule has 14 heavy (non-hydrogen) atoms. The second-order valence-electron chi connectivity index (χ2n) is 3.05. The fraction of sp³-hybridized carbons (Fsp3) is 1.00. The Labute approximate surface area is 89.1 Å². The summed E-state index contributed by atoms with van der Waals surface area (Å²) in [7, 11) is 4.02. The van der Waals surface area contributed by atoms with Gasteiger partial charge in [0.2, 0.25) is 0 Å². The first-order valence-corrected chi connectivity index (χ1v) is 5.69. The molecule has 88 valence electrons. The second kappa shape index (κ2) is 10.9. The van der Waals surface area contributed by atoms with E-state index in [0.717, 1.165) is 19.6 Å². The molecule has 0 aliphatic carbocycles. The third-order valence-electron chi connectivity index (χ3n) is 2.16. The minimum atomic E-state index is -0.221. The van der Waals surface area contributed by atoms with Gasteiger partial charge in [-0.15, -0.1) is 0 Å². The molecular weight excluding hydrogens is 179 g/mol. The Kier molecular flexibility index (Phi) is 12.7. The van der Waals surface area contributed by atoms with Gasteiger partial charge in [0.1, 0.15) is 6.67 Å². The molecular formula is C11H27FN2. The molecule has 0 bridgehead atoms. The summed E-state index contributed by atoms with van der Waals surface area (Å²) in [5, 5.41) is 0. The highest BCUT2D eigenvalue weighted by molar-refractivity contribution is 4.77. The van der Waals surface area contributed by atoms with Crippen LogP contribution in [0.25, 0.3) is 0 Å². The Hall–Kier alpha value is -0.150. The zero-order chi connectivity index (χ0) is 11.6. The van der Waals surface area contributed by atoms with Crippen LogP contribution in [0.2, 0.25) is 0 Å². The number of rotatable bonds is 1. The molecule has 1 heterocycles. The van der Waals surface area contributed by atoms with Gasteiger partial charge in [0.15, 0.2) is 0 Å². The average molecular weight is 206 g/mol. The molecule has 1 rings (SSSR count). The van der Waals surface area contributed by atoms with Crippen molar-refractivity contribution in [3.05, 3.63) is 0 Å². The van der Waals surface area contributed by atoms with Gasteiger partial charge in [-0.3, -0.25) is 4.90 Å². The summed E-state index contributed by atoms with van der Waals surface area (Å²) in [6, 6.07) is 0.124. The van der Waals surface area contributed by atoms with Crippen LogP contribution in [-0.4, -0.2) is 56.2 Å². The van der Waals surface area contributed by atoms with E-state index in [2.05, 4.69) is 9.80 Å². The first kappa shape index (κ1) is 16.3. The molecule has 0 amide bonds. The van der Waals surface area contributed by atoms with E-state index in [1.807, 2.05) is 41.8 Å². The number of likely N-dealkylation sites (N-methyl/N-ethyl adjacent to an activating group) is 2. The van der Waals surface area contributed by atoms with Crippen LogP contribution >= 0.6 is 0 Å². The van der Waals surface area contributed by atoms with Crippen LogP contribution in [0.5, 0.6) is 0 Å². The lowest BCUT2D eigenvalue weighted by Crippen LogP contribution is -2.50. The molecule has 0 N–H and O–H groups in total. The summed E-state index contributed by atoms with van der Waals surface area (Å²) in [6.07, 6.45) is 0. The number of halogens is 1. The zero-order valence-corrected chi connectivity index (χ0v) is 10.7. The van der Waals surface area contributed by atoms with Crippen LogP contribution in [0.15, 0.2) is 0 Å². The Morgan fingerprint density at radius 3 is 1.93 bits per heavy atom. The van der Waals surface area contributed by atoms with Crippen molar-refractivity contribution in [3.8, 4) is 0 Å². The van der Waals surface area contributed by atoms with E-state index in [1.165, 1.54) is 0 Å². The van der Waals surface area contributed by atoms with E-state index in [4.69, 9.17) is 0 Å². The number of hydrogen-bond donors (Lipinski definition) is 0. The van der Waals surface area contributed by atoms with Gasteiger partial charge in [0.25, 0.3) is 0 Å². The quantitative estimate of drug-likeness (QED) is 0.649. The summed E-state index contributed by atoms with van der Waals surface area (Å²) in [4.78, 5) is 4.25. The maximum atomic E-state index is 12.2. The van der Waals surface area contributed by atoms with Gasteiger partial charge in [0.05, 0.1) is 6.04 Å². The summed E-state index contributed by atoms with van der Waals surface area (Å²) in [5.74, 6) is 0. The lowest BCUT2D eigenvalue weighted by Gasteiger charge is -2.35. The highest BCUT2D eigenvalue weighted by atomic mass is 19.1. The summed E-state index contributed by atoms with van der Waals surface area (Å²) < 4.78 is 12.2. The molecule has 1 atom stereocenters. The maximum Gasteiger partial charge on any atom is 0.106 e. The van der Waals surface area contributed by atoms with Gasteiger partial charge in [-0.1, -0.05) is 27.7 Å². The summed E-state index contributed by atoms with van der Waals surface area (Å²) in [6.45, 7) is 10.7. The Morgan fingerprint density at radius 1 is 1.07 bits per heavy atom. The predicted octanol–water partition coefficient (Wildman–Crippen LogP) is 2.25. The molecule has 0 aromatic heterocycles. The normalized spacial score (nSPS) is 22.9. The van der Waals surface area contributed by atoms with E-state index < -0.39 is 0 Å². The van der Waals surface area contributed by atoms with Crippen molar-refractivity contribution in [1.82, 2.24) is 9.80 Å². The maximum absolute atomic E-state index is 12.2. The Balaban J connectivity index is 0. The SMILES string of the molecule is CC.CC.CN1CCN(C)C(CF)C1. The third-order valence-corrected chi connectivity index (χ3v) is 2.16. The van der Waals surface area contributed by atoms with Crippen molar-refractivity contribution in [2.75, 3.05) is 40.4 Å². The Bertz CT molecular complexity index is 109. The second-order valence-corrected chi connectivity index (χ2v) is 3.05. The molecule has 3 heteroatoms. The first-order chi connectivity index (χ1) is 6.74. The summed E-state index contributed by atoms with van der Waals surface area (Å²) in [5.41, 5.74) is 0. The number of alkyl halides is 1. The molecule has 1 fully saturated rings. The average Bonchev–Trinajstić information content (AvgIpc) is 2.27. The molecule has 2 nitrogen and oxygen atoms in total. The minimum Gasteiger partial charge on any atom is -0.303 e. The van der Waals surface area contributed by atoms with E-state index in [1.54, 1.807) is 0 Å². The van der Waals surface area contributed by atoms with Crippen molar-refractivity contribution < 1.29 is 4.39 Å². The lowest BCUT2D eigenvalue weighted by molar-refractivity contribution is 0.0963. The van der Waals surface area contributed by atoms with Gasteiger partial charge in [-0.2, -0.15) is 0 Å². The van der Waals surface area contributed by atoms with Crippen LogP contribution in [-0.2, 0) is 0 Å². The smallest absolute Gasteiger partial charge is 0.106 e. The number of piperazine rings is 1. The molecule has 1 unspecified atom stereocenters. The van der Waals surface area contributed by atoms with Crippen LogP contribution in [0.1, 0.15) is 27.7 Å². The minimum absolute atomic E-state index is 0.124. The third kappa shape index (κ3) is 6.33. The van der Waals surface area contributed by atoms with Gasteiger partial charge < -0.3 is 4.90 Å². The van der Waals surface area contributed by atoms with Crippen LogP contribution in [0.3, 0.4) is 0 Å². The largest absolute Gasteiger partial charge is 0.303 e. The number of hydrogen-bond acceptors (Lipinski definition) is 2. The van der Waals surface area contributed by atoms with Crippen LogP contribution in [0.4, 0.5) is 4.39 Å². The fourth-order valence-electron chi connectivity index (χ4n) is 1.27. The monoisotopic (exact) mass is 206 g/mol. The van der Waals surface area contributed by atoms with Crippen molar-refractivity contribution in [3.63, 3.8) is 0 Å². The molecule has 0 radical (unpaired) electrons. The van der Waals surface area contributed by atoms with Crippen molar-refractivity contribution in [2.45, 2.75) is 33.7 Å². The predicted molar refractivity (Wildman–Crippen MR) is 62.6 cm³/mol. The molecule has 1 saturated heterocycles. The van der Waals surface area contributed by atoms with Gasteiger partial charge in [0, 0.05) is 19.6 Å². The number of nitrogens with zero attached hydrogens (tertiary/aromatic N) is 2. The molecule has 0 aromatic rings. The van der Waals surface area contributed by atoms with Crippen molar-refractivity contribution in [1.29, 1.82) is 0 Å². The van der Waals surface area contributed by atoms with Crippen LogP contribution in [0, 0.1) is 0 Å². The Morgan fingerprint density at radius 2 is 1.57 bits per heavy atom. The van der Waals surface area contributed by atoms with E-state index in [9.17, 15) is 4.39 Å². The van der Waals surface area contributed by atoms with Crippen molar-refractivity contribution >= 4 is 0 Å². The van der Waals surface area contributed by atoms with E-state index in [0.29, 0.717) is 0 Å². The highest BCUT2D eigenvalue weighted by Crippen LogP contribution is 2.05. The topological polar surface area (TPSA) is 6.48 Å². The fourth-order valence-corrected chi connectivity index (χ4v) is 1.27. The lowest BCUT2D eigenvalue weighted by atomic mass is 10.2. The van der Waals surface area contributed by atoms with Gasteiger partial charge in [-0.25, -0.2) is 4.39 Å². The summed E-state index contributed by atoms with van der Waals surface area (Å²) >= 11 is 0. The highest BCUT2D eigenvalue weighted by Gasteiger charge is 2.21. The molecule has 1 aliphatic heterocycles. The standard InChI is InChI=1S/C7H15FN2.2C2H6/c1-9-3-4-10(2)7(5-8)6-9;2*1-2/h7H,3-6H2,1-2H3;2*1-2H3. The van der Waals surface area contributed by atoms with Crippen LogP contribution < -0.4 is 0 Å².